The van der Waals surface area contributed by atoms with Crippen LogP contribution in [0.25, 0.3) is 0 Å². The molecule has 0 aromatic rings. The van der Waals surface area contributed by atoms with Crippen LogP contribution in [-0.4, -0.2) is 62.2 Å². The maximum atomic E-state index is 8.72. The minimum absolute atomic E-state index is 0.141. The SMILES string of the molecule is OCCOC1CCN(CC2CCOCC2)CC1. The summed E-state index contributed by atoms with van der Waals surface area (Å²) in [7, 11) is 0. The average Bonchev–Trinajstić information content (AvgIpc) is 2.39. The normalized spacial score (nSPS) is 25.2. The molecule has 1 N–H and O–H groups in total. The predicted octanol–water partition coefficient (Wildman–Crippen LogP) is 0.886. The smallest absolute Gasteiger partial charge is 0.0701 e. The van der Waals surface area contributed by atoms with E-state index in [1.54, 1.807) is 0 Å². The van der Waals surface area contributed by atoms with Crippen LogP contribution in [0.5, 0.6) is 0 Å². The van der Waals surface area contributed by atoms with Gasteiger partial charge in [-0.3, -0.25) is 0 Å². The van der Waals surface area contributed by atoms with Gasteiger partial charge < -0.3 is 19.5 Å². The summed E-state index contributed by atoms with van der Waals surface area (Å²) in [5, 5.41) is 8.72. The molecule has 4 nitrogen and oxygen atoms in total. The molecule has 2 aliphatic rings. The van der Waals surface area contributed by atoms with Crippen LogP contribution in [0.2, 0.25) is 0 Å². The molecule has 0 atom stereocenters. The lowest BCUT2D eigenvalue weighted by atomic mass is 9.98. The van der Waals surface area contributed by atoms with Gasteiger partial charge in [0.2, 0.25) is 0 Å². The first-order valence-corrected chi connectivity index (χ1v) is 6.91. The Morgan fingerprint density at radius 1 is 1.12 bits per heavy atom. The van der Waals surface area contributed by atoms with Crippen molar-refractivity contribution >= 4 is 0 Å². The number of hydrogen-bond acceptors (Lipinski definition) is 4. The van der Waals surface area contributed by atoms with Gasteiger partial charge in [-0.25, -0.2) is 0 Å². The highest BCUT2D eigenvalue weighted by Gasteiger charge is 2.23. The Morgan fingerprint density at radius 3 is 2.47 bits per heavy atom. The van der Waals surface area contributed by atoms with Crippen LogP contribution in [0, 0.1) is 5.92 Å². The maximum absolute atomic E-state index is 8.72. The molecule has 0 bridgehead atoms. The van der Waals surface area contributed by atoms with Gasteiger partial charge in [0.05, 0.1) is 19.3 Å². The number of nitrogens with zero attached hydrogens (tertiary/aromatic N) is 1. The van der Waals surface area contributed by atoms with Gasteiger partial charge in [-0.05, 0) is 31.6 Å². The van der Waals surface area contributed by atoms with Crippen molar-refractivity contribution in [2.24, 2.45) is 5.92 Å². The molecule has 2 heterocycles. The summed E-state index contributed by atoms with van der Waals surface area (Å²) in [5.41, 5.74) is 0. The highest BCUT2D eigenvalue weighted by Crippen LogP contribution is 2.20. The molecule has 0 saturated carbocycles. The summed E-state index contributed by atoms with van der Waals surface area (Å²) >= 11 is 0. The second-order valence-corrected chi connectivity index (χ2v) is 5.15. The first-order chi connectivity index (χ1) is 8.38. The molecule has 0 aromatic heterocycles. The summed E-state index contributed by atoms with van der Waals surface area (Å²) in [6.07, 6.45) is 5.04. The van der Waals surface area contributed by atoms with Crippen LogP contribution in [0.1, 0.15) is 25.7 Å². The molecule has 2 saturated heterocycles. The molecular formula is C13H25NO3. The van der Waals surface area contributed by atoms with Gasteiger partial charge in [0.25, 0.3) is 0 Å². The van der Waals surface area contributed by atoms with Crippen LogP contribution >= 0.6 is 0 Å². The van der Waals surface area contributed by atoms with E-state index in [1.807, 2.05) is 0 Å². The minimum Gasteiger partial charge on any atom is -0.394 e. The molecular weight excluding hydrogens is 218 g/mol. The maximum Gasteiger partial charge on any atom is 0.0701 e. The summed E-state index contributed by atoms with van der Waals surface area (Å²) in [6.45, 7) is 6.05. The molecule has 0 amide bonds. The summed E-state index contributed by atoms with van der Waals surface area (Å²) in [4.78, 5) is 2.56. The third-order valence-electron chi connectivity index (χ3n) is 3.84. The van der Waals surface area contributed by atoms with Crippen LogP contribution < -0.4 is 0 Å². The molecule has 100 valence electrons. The van der Waals surface area contributed by atoms with Crippen molar-refractivity contribution in [3.8, 4) is 0 Å². The third-order valence-corrected chi connectivity index (χ3v) is 3.84. The fourth-order valence-electron chi connectivity index (χ4n) is 2.77. The Balaban J connectivity index is 1.61. The van der Waals surface area contributed by atoms with Gasteiger partial charge in [0, 0.05) is 32.8 Å². The van der Waals surface area contributed by atoms with Gasteiger partial charge >= 0.3 is 0 Å². The zero-order valence-electron chi connectivity index (χ0n) is 10.6. The van der Waals surface area contributed by atoms with E-state index in [-0.39, 0.29) is 6.61 Å². The Labute approximate surface area is 104 Å². The third kappa shape index (κ3) is 4.54. The first-order valence-electron chi connectivity index (χ1n) is 6.91. The van der Waals surface area contributed by atoms with Crippen molar-refractivity contribution in [2.45, 2.75) is 31.8 Å². The number of ether oxygens (including phenoxy) is 2. The number of hydrogen-bond donors (Lipinski definition) is 1. The number of aliphatic hydroxyl groups is 1. The lowest BCUT2D eigenvalue weighted by Crippen LogP contribution is -2.40. The predicted molar refractivity (Wildman–Crippen MR) is 66.0 cm³/mol. The van der Waals surface area contributed by atoms with Crippen LogP contribution in [0.15, 0.2) is 0 Å². The van der Waals surface area contributed by atoms with Gasteiger partial charge in [0.15, 0.2) is 0 Å². The second-order valence-electron chi connectivity index (χ2n) is 5.15. The zero-order chi connectivity index (χ0) is 11.9. The number of likely N-dealkylation sites (tertiary alicyclic amines) is 1. The van der Waals surface area contributed by atoms with Crippen molar-refractivity contribution in [1.29, 1.82) is 0 Å². The monoisotopic (exact) mass is 243 g/mol. The summed E-state index contributed by atoms with van der Waals surface area (Å²) < 4.78 is 11.0. The minimum atomic E-state index is 0.141. The summed E-state index contributed by atoms with van der Waals surface area (Å²) in [6, 6.07) is 0. The Kier molecular flexibility index (Phi) is 5.71. The molecule has 2 rings (SSSR count). The molecule has 0 spiro atoms. The summed E-state index contributed by atoms with van der Waals surface area (Å²) in [5.74, 6) is 0.832. The van der Waals surface area contributed by atoms with Gasteiger partial charge in [0.1, 0.15) is 0 Å². The zero-order valence-corrected chi connectivity index (χ0v) is 10.6. The number of aliphatic hydroxyl groups excluding tert-OH is 1. The topological polar surface area (TPSA) is 41.9 Å². The van der Waals surface area contributed by atoms with E-state index in [2.05, 4.69) is 4.90 Å². The molecule has 4 heteroatoms. The lowest BCUT2D eigenvalue weighted by Gasteiger charge is -2.35. The highest BCUT2D eigenvalue weighted by molar-refractivity contribution is 4.76. The largest absolute Gasteiger partial charge is 0.394 e. The Bertz CT molecular complexity index is 199. The van der Waals surface area contributed by atoms with E-state index in [0.29, 0.717) is 12.7 Å². The van der Waals surface area contributed by atoms with Crippen LogP contribution in [0.4, 0.5) is 0 Å². The van der Waals surface area contributed by atoms with Gasteiger partial charge in [-0.2, -0.15) is 0 Å². The van der Waals surface area contributed by atoms with E-state index >= 15 is 0 Å². The molecule has 0 unspecified atom stereocenters. The first kappa shape index (κ1) is 13.3. The van der Waals surface area contributed by atoms with Crippen molar-refractivity contribution < 1.29 is 14.6 Å². The molecule has 0 radical (unpaired) electrons. The second kappa shape index (κ2) is 7.31. The molecule has 0 aromatic carbocycles. The lowest BCUT2D eigenvalue weighted by molar-refractivity contribution is -0.0148. The van der Waals surface area contributed by atoms with E-state index in [4.69, 9.17) is 14.6 Å². The number of rotatable bonds is 5. The standard InChI is InChI=1S/C13H25NO3/c15-7-10-17-13-1-5-14(6-2-13)11-12-3-8-16-9-4-12/h12-13,15H,1-11H2. The molecule has 17 heavy (non-hydrogen) atoms. The average molecular weight is 243 g/mol. The van der Waals surface area contributed by atoms with Crippen LogP contribution in [0.3, 0.4) is 0 Å². The van der Waals surface area contributed by atoms with Crippen molar-refractivity contribution in [3.63, 3.8) is 0 Å². The molecule has 2 aliphatic heterocycles. The molecule has 2 fully saturated rings. The van der Waals surface area contributed by atoms with E-state index in [1.165, 1.54) is 19.4 Å². The Hall–Kier alpha value is -0.160. The van der Waals surface area contributed by atoms with E-state index in [9.17, 15) is 0 Å². The van der Waals surface area contributed by atoms with E-state index in [0.717, 1.165) is 45.1 Å². The highest BCUT2D eigenvalue weighted by atomic mass is 16.5. The van der Waals surface area contributed by atoms with Crippen LogP contribution in [-0.2, 0) is 9.47 Å². The van der Waals surface area contributed by atoms with Crippen molar-refractivity contribution in [1.82, 2.24) is 4.90 Å². The fraction of sp³-hybridized carbons (Fsp3) is 1.00. The molecule has 0 aliphatic carbocycles. The fourth-order valence-corrected chi connectivity index (χ4v) is 2.77. The van der Waals surface area contributed by atoms with Gasteiger partial charge in [-0.1, -0.05) is 0 Å². The Morgan fingerprint density at radius 2 is 1.82 bits per heavy atom. The number of piperidine rings is 1. The van der Waals surface area contributed by atoms with Crippen molar-refractivity contribution in [2.75, 3.05) is 46.1 Å². The van der Waals surface area contributed by atoms with Gasteiger partial charge in [-0.15, -0.1) is 0 Å². The van der Waals surface area contributed by atoms with Crippen molar-refractivity contribution in [3.05, 3.63) is 0 Å². The van der Waals surface area contributed by atoms with E-state index < -0.39 is 0 Å². The quantitative estimate of drug-likeness (QED) is 0.778.